The lowest BCUT2D eigenvalue weighted by Gasteiger charge is -2.36. The van der Waals surface area contributed by atoms with Crippen molar-refractivity contribution in [2.24, 2.45) is 0 Å². The Morgan fingerprint density at radius 1 is 0.786 bits per heavy atom. The molecule has 1 atom stereocenters. The van der Waals surface area contributed by atoms with Gasteiger partial charge in [0.1, 0.15) is 11.8 Å². The zero-order valence-corrected chi connectivity index (χ0v) is 24.0. The number of hydrogen-bond donors (Lipinski definition) is 2. The summed E-state index contributed by atoms with van der Waals surface area (Å²) in [4.78, 5) is 26.0. The zero-order valence-electron chi connectivity index (χ0n) is 23.1. The van der Waals surface area contributed by atoms with E-state index in [4.69, 9.17) is 4.74 Å². The summed E-state index contributed by atoms with van der Waals surface area (Å²) in [6, 6.07) is 40.5. The second-order valence-corrected chi connectivity index (χ2v) is 11.0. The maximum Gasteiger partial charge on any atom is 0.329 e. The number of phenols is 1. The molecule has 42 heavy (non-hydrogen) atoms. The van der Waals surface area contributed by atoms with E-state index in [0.717, 1.165) is 33.0 Å². The Bertz CT molecular complexity index is 1590. The molecule has 0 radical (unpaired) electrons. The van der Waals surface area contributed by atoms with E-state index in [1.165, 1.54) is 13.2 Å². The predicted octanol–water partition coefficient (Wildman–Crippen LogP) is 6.94. The van der Waals surface area contributed by atoms with Crippen LogP contribution in [0.3, 0.4) is 0 Å². The maximum absolute atomic E-state index is 13.0. The Balaban J connectivity index is 1.42. The number of hydrogen-bond acceptors (Lipinski definition) is 5. The lowest BCUT2D eigenvalue weighted by molar-refractivity contribution is -0.143. The van der Waals surface area contributed by atoms with Crippen LogP contribution in [-0.4, -0.2) is 35.9 Å². The molecule has 0 aliphatic rings. The number of fused-ring (bicyclic) bond motifs is 1. The van der Waals surface area contributed by atoms with Gasteiger partial charge in [0.25, 0.3) is 0 Å². The number of amides is 1. The summed E-state index contributed by atoms with van der Waals surface area (Å²) in [6.07, 6.45) is 3.12. The molecule has 0 fully saturated rings. The van der Waals surface area contributed by atoms with Crippen LogP contribution in [0.5, 0.6) is 5.75 Å². The van der Waals surface area contributed by atoms with Gasteiger partial charge in [-0.15, -0.1) is 11.8 Å². The molecule has 0 bridgehead atoms. The van der Waals surface area contributed by atoms with Crippen LogP contribution in [-0.2, 0) is 19.1 Å². The summed E-state index contributed by atoms with van der Waals surface area (Å²) in [5.41, 5.74) is 4.01. The molecule has 5 aromatic carbocycles. The third-order valence-electron chi connectivity index (χ3n) is 7.08. The van der Waals surface area contributed by atoms with E-state index in [2.05, 4.69) is 41.7 Å². The van der Waals surface area contributed by atoms with Crippen molar-refractivity contribution in [1.82, 2.24) is 5.32 Å². The first-order chi connectivity index (χ1) is 20.5. The molecule has 0 unspecified atom stereocenters. The number of carbonyl (C=O) groups excluding carboxylic acids is 2. The topological polar surface area (TPSA) is 75.6 Å². The zero-order chi connectivity index (χ0) is 29.4. The van der Waals surface area contributed by atoms with Gasteiger partial charge in [0, 0.05) is 11.8 Å². The first-order valence-electron chi connectivity index (χ1n) is 13.6. The summed E-state index contributed by atoms with van der Waals surface area (Å²) >= 11 is 1.58. The van der Waals surface area contributed by atoms with Crippen LogP contribution < -0.4 is 5.32 Å². The molecule has 0 saturated carbocycles. The van der Waals surface area contributed by atoms with Crippen LogP contribution in [0.1, 0.15) is 22.3 Å². The molecule has 5 rings (SSSR count). The summed E-state index contributed by atoms with van der Waals surface area (Å²) in [6.45, 7) is 0. The minimum atomic E-state index is -0.882. The summed E-state index contributed by atoms with van der Waals surface area (Å²) in [7, 11) is 1.33. The van der Waals surface area contributed by atoms with E-state index >= 15 is 0 Å². The average Bonchev–Trinajstić information content (AvgIpc) is 3.04. The first kappa shape index (κ1) is 28.7. The third-order valence-corrected chi connectivity index (χ3v) is 8.72. The van der Waals surface area contributed by atoms with Gasteiger partial charge in [-0.2, -0.15) is 0 Å². The van der Waals surface area contributed by atoms with Crippen molar-refractivity contribution < 1.29 is 19.4 Å². The number of phenolic OH excluding ortho intramolecular Hbond substituents is 1. The van der Waals surface area contributed by atoms with E-state index in [0.29, 0.717) is 0 Å². The van der Waals surface area contributed by atoms with Gasteiger partial charge in [0.05, 0.1) is 11.9 Å². The molecule has 0 aliphatic carbocycles. The number of benzene rings is 5. The predicted molar refractivity (Wildman–Crippen MR) is 170 cm³/mol. The van der Waals surface area contributed by atoms with Crippen LogP contribution in [0.4, 0.5) is 0 Å². The molecule has 210 valence electrons. The van der Waals surface area contributed by atoms with Crippen molar-refractivity contribution in [3.05, 3.63) is 156 Å². The lowest BCUT2D eigenvalue weighted by atomic mass is 9.84. The van der Waals surface area contributed by atoms with Crippen molar-refractivity contribution in [2.45, 2.75) is 10.8 Å². The standard InChI is InChI=1S/C36H31NO4S/c1-41-35(40)33(37-34(39)22-18-26-17-19-28-24-32(38)21-20-27(28)23-26)25-42-36(29-11-5-2-6-12-29,30-13-7-3-8-14-30)31-15-9-4-10-16-31/h2-24,33,38H,25H2,1H3,(H,37,39)/t33-/m1/s1. The number of thioether (sulfide) groups is 1. The number of methoxy groups -OCH3 is 1. The fourth-order valence-electron chi connectivity index (χ4n) is 5.03. The summed E-state index contributed by atoms with van der Waals surface area (Å²) in [5.74, 6) is -0.447. The minimum Gasteiger partial charge on any atom is -0.508 e. The molecular weight excluding hydrogens is 542 g/mol. The highest BCUT2D eigenvalue weighted by atomic mass is 32.2. The number of rotatable bonds is 10. The van der Waals surface area contributed by atoms with Gasteiger partial charge in [-0.3, -0.25) is 4.79 Å². The number of esters is 1. The molecule has 0 aromatic heterocycles. The number of nitrogens with one attached hydrogen (secondary N) is 1. The highest BCUT2D eigenvalue weighted by Crippen LogP contribution is 2.48. The molecular formula is C36H31NO4S. The monoisotopic (exact) mass is 573 g/mol. The van der Waals surface area contributed by atoms with Crippen LogP contribution >= 0.6 is 11.8 Å². The van der Waals surface area contributed by atoms with Gasteiger partial charge in [0.15, 0.2) is 0 Å². The molecule has 0 heterocycles. The Labute approximate surface area is 249 Å². The minimum absolute atomic E-state index is 0.202. The van der Waals surface area contributed by atoms with E-state index < -0.39 is 22.7 Å². The molecule has 5 aromatic rings. The molecule has 0 aliphatic heterocycles. The Hall–Kier alpha value is -4.81. The first-order valence-corrected chi connectivity index (χ1v) is 14.6. The SMILES string of the molecule is COC(=O)[C@@H](CSC(c1ccccc1)(c1ccccc1)c1ccccc1)NC(=O)C=Cc1ccc2cc(O)ccc2c1. The third kappa shape index (κ3) is 6.40. The van der Waals surface area contributed by atoms with Crippen molar-refractivity contribution >= 4 is 40.5 Å². The molecule has 0 saturated heterocycles. The number of aromatic hydroxyl groups is 1. The van der Waals surface area contributed by atoms with Gasteiger partial charge >= 0.3 is 5.97 Å². The molecule has 6 heteroatoms. The highest BCUT2D eigenvalue weighted by Gasteiger charge is 2.38. The molecule has 2 N–H and O–H groups in total. The summed E-state index contributed by atoms with van der Waals surface area (Å²) < 4.78 is 4.46. The van der Waals surface area contributed by atoms with Crippen LogP contribution in [0.15, 0.2) is 133 Å². The van der Waals surface area contributed by atoms with Gasteiger partial charge < -0.3 is 15.2 Å². The van der Waals surface area contributed by atoms with E-state index in [1.54, 1.807) is 30.0 Å². The Kier molecular flexibility index (Phi) is 9.05. The quantitative estimate of drug-likeness (QED) is 0.108. The number of carbonyl (C=O) groups is 2. The van der Waals surface area contributed by atoms with E-state index in [1.807, 2.05) is 78.9 Å². The smallest absolute Gasteiger partial charge is 0.329 e. The van der Waals surface area contributed by atoms with E-state index in [9.17, 15) is 14.7 Å². The van der Waals surface area contributed by atoms with Crippen molar-refractivity contribution in [3.8, 4) is 5.75 Å². The molecule has 5 nitrogen and oxygen atoms in total. The van der Waals surface area contributed by atoms with Crippen molar-refractivity contribution in [2.75, 3.05) is 12.9 Å². The van der Waals surface area contributed by atoms with Gasteiger partial charge in [-0.1, -0.05) is 109 Å². The fraction of sp³-hybridized carbons (Fsp3) is 0.111. The van der Waals surface area contributed by atoms with Crippen LogP contribution in [0.25, 0.3) is 16.8 Å². The van der Waals surface area contributed by atoms with Gasteiger partial charge in [-0.25, -0.2) is 4.79 Å². The van der Waals surface area contributed by atoms with Gasteiger partial charge in [0.2, 0.25) is 5.91 Å². The van der Waals surface area contributed by atoms with Crippen LogP contribution in [0.2, 0.25) is 0 Å². The largest absolute Gasteiger partial charge is 0.508 e. The number of ether oxygens (including phenoxy) is 1. The molecule has 0 spiro atoms. The Morgan fingerprint density at radius 2 is 1.31 bits per heavy atom. The van der Waals surface area contributed by atoms with Gasteiger partial charge in [-0.05, 0) is 57.3 Å². The second kappa shape index (κ2) is 13.2. The lowest BCUT2D eigenvalue weighted by Crippen LogP contribution is -2.43. The van der Waals surface area contributed by atoms with Crippen molar-refractivity contribution in [3.63, 3.8) is 0 Å². The second-order valence-electron chi connectivity index (χ2n) is 9.80. The maximum atomic E-state index is 13.0. The summed E-state index contributed by atoms with van der Waals surface area (Å²) in [5, 5.41) is 14.4. The Morgan fingerprint density at radius 3 is 1.86 bits per heavy atom. The average molecular weight is 574 g/mol. The van der Waals surface area contributed by atoms with E-state index in [-0.39, 0.29) is 11.5 Å². The normalized spacial score (nSPS) is 12.2. The van der Waals surface area contributed by atoms with Crippen molar-refractivity contribution in [1.29, 1.82) is 0 Å². The highest BCUT2D eigenvalue weighted by molar-refractivity contribution is 8.00. The van der Waals surface area contributed by atoms with Crippen LogP contribution in [0, 0.1) is 0 Å². The fourth-order valence-corrected chi connectivity index (χ4v) is 6.58. The molecule has 1 amide bonds.